The van der Waals surface area contributed by atoms with E-state index in [1.54, 1.807) is 38.2 Å². The molecule has 0 saturated heterocycles. The maximum atomic E-state index is 12.6. The Bertz CT molecular complexity index is 1420. The Morgan fingerprint density at radius 2 is 1.89 bits per heavy atom. The minimum absolute atomic E-state index is 0. The number of pyridine rings is 1. The summed E-state index contributed by atoms with van der Waals surface area (Å²) in [6.07, 6.45) is 0.566. The molecule has 0 aliphatic heterocycles. The lowest BCUT2D eigenvalue weighted by atomic mass is 10.0. The summed E-state index contributed by atoms with van der Waals surface area (Å²) in [7, 11) is 3.01. The molecule has 4 aromatic rings. The lowest BCUT2D eigenvalue weighted by Crippen LogP contribution is -2.49. The third-order valence-corrected chi connectivity index (χ3v) is 5.56. The van der Waals surface area contributed by atoms with E-state index in [0.717, 1.165) is 0 Å². The highest BCUT2D eigenvalue weighted by atomic mass is 35.5. The number of anilines is 1. The molecule has 0 atom stereocenters. The third kappa shape index (κ3) is 4.90. The summed E-state index contributed by atoms with van der Waals surface area (Å²) in [4.78, 5) is 29.4. The highest BCUT2D eigenvalue weighted by Gasteiger charge is 2.30. The van der Waals surface area contributed by atoms with E-state index >= 15 is 0 Å². The molecular weight excluding hydrogens is 482 g/mol. The molecule has 0 spiro atoms. The fourth-order valence-corrected chi connectivity index (χ4v) is 3.74. The topological polar surface area (TPSA) is 114 Å². The second kappa shape index (κ2) is 9.49. The van der Waals surface area contributed by atoms with Gasteiger partial charge in [0.2, 0.25) is 5.91 Å². The number of aromatic amines is 1. The number of carbonyl (C=O) groups excluding carboxylic acids is 1. The van der Waals surface area contributed by atoms with Crippen LogP contribution in [0, 0.1) is 0 Å². The average Bonchev–Trinajstić information content (AvgIpc) is 3.24. The predicted octanol–water partition coefficient (Wildman–Crippen LogP) is 4.91. The number of amides is 1. The maximum absolute atomic E-state index is 12.6. The van der Waals surface area contributed by atoms with Gasteiger partial charge in [-0.15, -0.1) is 0 Å². The van der Waals surface area contributed by atoms with Gasteiger partial charge in [-0.05, 0) is 26.0 Å². The van der Waals surface area contributed by atoms with Crippen molar-refractivity contribution in [3.8, 4) is 22.9 Å². The number of methoxy groups -OCH3 is 2. The van der Waals surface area contributed by atoms with Crippen molar-refractivity contribution in [2.24, 2.45) is 0 Å². The van der Waals surface area contributed by atoms with Crippen LogP contribution in [-0.2, 0) is 4.79 Å². The van der Waals surface area contributed by atoms with Crippen LogP contribution in [0.15, 0.2) is 30.6 Å². The molecule has 188 valence electrons. The molecule has 35 heavy (non-hydrogen) atoms. The first kappa shape index (κ1) is 24.4. The normalized spacial score (nSPS) is 11.8. The summed E-state index contributed by atoms with van der Waals surface area (Å²) in [5.74, 6) is 0.893. The van der Waals surface area contributed by atoms with Crippen LogP contribution in [0.5, 0.6) is 11.5 Å². The van der Waals surface area contributed by atoms with Crippen molar-refractivity contribution in [1.82, 2.24) is 25.3 Å². The molecule has 4 rings (SSSR count). The lowest BCUT2D eigenvalue weighted by Gasteiger charge is -2.26. The number of alkyl halides is 2. The fraction of sp³-hybridized carbons (Fsp3) is 0.304. The van der Waals surface area contributed by atoms with Gasteiger partial charge >= 0.3 is 0 Å². The van der Waals surface area contributed by atoms with E-state index in [9.17, 15) is 13.6 Å². The lowest BCUT2D eigenvalue weighted by molar-refractivity contribution is -0.125. The zero-order chi connectivity index (χ0) is 25.3. The summed E-state index contributed by atoms with van der Waals surface area (Å²) in [5, 5.41) is 7.01. The quantitative estimate of drug-likeness (QED) is 0.310. The molecule has 0 aliphatic carbocycles. The molecule has 3 aromatic heterocycles. The molecule has 0 radical (unpaired) electrons. The number of hydrogen-bond donors (Lipinski definition) is 3. The average molecular weight is 509 g/mol. The summed E-state index contributed by atoms with van der Waals surface area (Å²) >= 11 is 6.15. The van der Waals surface area contributed by atoms with E-state index in [1.807, 2.05) is 0 Å². The Morgan fingerprint density at radius 3 is 2.57 bits per heavy atom. The number of benzene rings is 1. The maximum Gasteiger partial charge on any atom is 0.255 e. The molecule has 0 bridgehead atoms. The number of rotatable bonds is 8. The highest BCUT2D eigenvalue weighted by molar-refractivity contribution is 6.31. The number of ether oxygens (including phenoxy) is 2. The summed E-state index contributed by atoms with van der Waals surface area (Å²) in [6, 6.07) is 5.11. The van der Waals surface area contributed by atoms with Gasteiger partial charge < -0.3 is 25.1 Å². The molecule has 0 fully saturated rings. The van der Waals surface area contributed by atoms with E-state index in [-0.39, 0.29) is 2.85 Å². The number of nitrogens with one attached hydrogen (secondary N) is 3. The van der Waals surface area contributed by atoms with Crippen molar-refractivity contribution >= 4 is 45.3 Å². The largest absolute Gasteiger partial charge is 0.493 e. The standard InChI is InChI=1S/C23H23ClF2N6O3.2H2/c1-23(2,22(33)29-10-18(25)26)32-21-13-6-16(34-3)17(35-4)7-15(13)30-20(31-21)14-9-28-19-12(14)5-11(24)8-27-19;;/h5-9,18H,10H2,1-4H3,(H,27,28)(H,29,33)(H,30,31,32);2*1H. The molecule has 1 aromatic carbocycles. The van der Waals surface area contributed by atoms with Gasteiger partial charge in [0, 0.05) is 37.6 Å². The molecule has 1 amide bonds. The first-order chi connectivity index (χ1) is 16.6. The van der Waals surface area contributed by atoms with Crippen LogP contribution >= 0.6 is 11.6 Å². The summed E-state index contributed by atoms with van der Waals surface area (Å²) in [6.45, 7) is 2.38. The smallest absolute Gasteiger partial charge is 0.255 e. The van der Waals surface area contributed by atoms with Gasteiger partial charge in [-0.2, -0.15) is 0 Å². The van der Waals surface area contributed by atoms with Gasteiger partial charge in [-0.3, -0.25) is 4.79 Å². The first-order valence-corrected chi connectivity index (χ1v) is 10.9. The van der Waals surface area contributed by atoms with Crippen LogP contribution in [0.2, 0.25) is 5.02 Å². The third-order valence-electron chi connectivity index (χ3n) is 5.36. The first-order valence-electron chi connectivity index (χ1n) is 10.5. The number of H-pyrrole nitrogens is 1. The van der Waals surface area contributed by atoms with Crippen LogP contribution in [0.3, 0.4) is 0 Å². The molecule has 3 heterocycles. The number of aromatic nitrogens is 4. The second-order valence-corrected chi connectivity index (χ2v) is 8.66. The van der Waals surface area contributed by atoms with Crippen molar-refractivity contribution < 1.29 is 25.9 Å². The minimum Gasteiger partial charge on any atom is -0.493 e. The van der Waals surface area contributed by atoms with E-state index in [2.05, 4.69) is 25.6 Å². The Balaban J connectivity index is 0.00000241. The van der Waals surface area contributed by atoms with Gasteiger partial charge in [-0.1, -0.05) is 11.6 Å². The molecular formula is C23H27ClF2N6O3. The number of hydrogen-bond acceptors (Lipinski definition) is 7. The van der Waals surface area contributed by atoms with Crippen molar-refractivity contribution in [3.63, 3.8) is 0 Å². The van der Waals surface area contributed by atoms with E-state index < -0.39 is 24.4 Å². The van der Waals surface area contributed by atoms with Crippen LogP contribution in [0.25, 0.3) is 33.3 Å². The van der Waals surface area contributed by atoms with Crippen LogP contribution in [0.4, 0.5) is 14.6 Å². The monoisotopic (exact) mass is 508 g/mol. The Labute approximate surface area is 207 Å². The molecule has 0 aliphatic rings. The van der Waals surface area contributed by atoms with E-state index in [0.29, 0.717) is 55.7 Å². The molecule has 0 unspecified atom stereocenters. The van der Waals surface area contributed by atoms with Gasteiger partial charge in [0.15, 0.2) is 17.3 Å². The van der Waals surface area contributed by atoms with Gasteiger partial charge in [0.25, 0.3) is 6.43 Å². The van der Waals surface area contributed by atoms with Crippen LogP contribution in [-0.4, -0.2) is 58.6 Å². The molecule has 12 heteroatoms. The predicted molar refractivity (Wildman–Crippen MR) is 134 cm³/mol. The number of nitrogens with zero attached hydrogens (tertiary/aromatic N) is 3. The molecule has 3 N–H and O–H groups in total. The Hall–Kier alpha value is -3.73. The van der Waals surface area contributed by atoms with Crippen molar-refractivity contribution in [1.29, 1.82) is 0 Å². The number of carbonyl (C=O) groups is 1. The van der Waals surface area contributed by atoms with Gasteiger partial charge in [-0.25, -0.2) is 23.7 Å². The second-order valence-electron chi connectivity index (χ2n) is 8.22. The molecule has 9 nitrogen and oxygen atoms in total. The van der Waals surface area contributed by atoms with Gasteiger partial charge in [0.05, 0.1) is 31.3 Å². The zero-order valence-corrected chi connectivity index (χ0v) is 20.1. The Morgan fingerprint density at radius 1 is 1.17 bits per heavy atom. The molecule has 0 saturated carbocycles. The minimum atomic E-state index is -2.67. The number of fused-ring (bicyclic) bond motifs is 2. The van der Waals surface area contributed by atoms with Crippen molar-refractivity contribution in [2.75, 3.05) is 26.1 Å². The van der Waals surface area contributed by atoms with E-state index in [1.165, 1.54) is 20.4 Å². The highest BCUT2D eigenvalue weighted by Crippen LogP contribution is 2.37. The van der Waals surface area contributed by atoms with Crippen molar-refractivity contribution in [3.05, 3.63) is 35.6 Å². The SMILES string of the molecule is COc1cc2nc(-c3c[nH]c4ncc(Cl)cc34)nc(NC(C)(C)C(=O)NCC(F)F)c2cc1OC.[HH].[HH]. The van der Waals surface area contributed by atoms with Crippen LogP contribution < -0.4 is 20.1 Å². The summed E-state index contributed by atoms with van der Waals surface area (Å²) in [5.41, 5.74) is 0.450. The number of halogens is 3. The van der Waals surface area contributed by atoms with Crippen LogP contribution in [0.1, 0.15) is 16.7 Å². The summed E-state index contributed by atoms with van der Waals surface area (Å²) < 4.78 is 36.1. The van der Waals surface area contributed by atoms with E-state index in [4.69, 9.17) is 26.1 Å². The van der Waals surface area contributed by atoms with Crippen molar-refractivity contribution in [2.45, 2.75) is 25.8 Å². The van der Waals surface area contributed by atoms with Gasteiger partial charge in [0.1, 0.15) is 17.0 Å². The Kier molecular flexibility index (Phi) is 6.62. The fourth-order valence-electron chi connectivity index (χ4n) is 3.58. The zero-order valence-electron chi connectivity index (χ0n) is 19.4.